The molecule has 1 aliphatic heterocycles. The molecule has 1 aliphatic rings. The van der Waals surface area contributed by atoms with Crippen molar-refractivity contribution in [1.82, 2.24) is 10.6 Å². The second-order valence-corrected chi connectivity index (χ2v) is 4.35. The Balaban J connectivity index is 1.90. The van der Waals surface area contributed by atoms with Crippen molar-refractivity contribution in [2.24, 2.45) is 5.92 Å². The smallest absolute Gasteiger partial charge is 0.221 e. The van der Waals surface area contributed by atoms with Gasteiger partial charge in [0.25, 0.3) is 0 Å². The van der Waals surface area contributed by atoms with Gasteiger partial charge in [-0.2, -0.15) is 0 Å². The Bertz CT molecular complexity index is 206. The molecule has 1 amide bonds. The summed E-state index contributed by atoms with van der Waals surface area (Å²) in [6, 6.07) is 0. The van der Waals surface area contributed by atoms with Crippen LogP contribution in [0.4, 0.5) is 0 Å². The first-order valence-corrected chi connectivity index (χ1v) is 6.37. The third kappa shape index (κ3) is 7.31. The summed E-state index contributed by atoms with van der Waals surface area (Å²) in [6.45, 7) is 4.66. The number of ether oxygens (including phenoxy) is 2. The second kappa shape index (κ2) is 9.39. The Morgan fingerprint density at radius 3 is 2.82 bits per heavy atom. The Morgan fingerprint density at radius 1 is 1.35 bits per heavy atom. The summed E-state index contributed by atoms with van der Waals surface area (Å²) in [7, 11) is 1.63. The summed E-state index contributed by atoms with van der Waals surface area (Å²) < 4.78 is 10.2. The summed E-state index contributed by atoms with van der Waals surface area (Å²) in [4.78, 5) is 11.3. The number of rotatable bonds is 8. The topological polar surface area (TPSA) is 59.6 Å². The van der Waals surface area contributed by atoms with Crippen molar-refractivity contribution in [3.8, 4) is 0 Å². The molecule has 100 valence electrons. The second-order valence-electron chi connectivity index (χ2n) is 4.35. The largest absolute Gasteiger partial charge is 0.383 e. The minimum atomic E-state index is 0.0847. The number of amides is 1. The molecule has 0 bridgehead atoms. The van der Waals surface area contributed by atoms with Crippen LogP contribution < -0.4 is 10.6 Å². The molecule has 5 heteroatoms. The minimum absolute atomic E-state index is 0.0847. The third-order valence-corrected chi connectivity index (χ3v) is 2.93. The van der Waals surface area contributed by atoms with E-state index in [9.17, 15) is 4.79 Å². The van der Waals surface area contributed by atoms with E-state index in [1.807, 2.05) is 0 Å². The molecule has 0 aromatic heterocycles. The fraction of sp³-hybridized carbons (Fsp3) is 0.917. The molecule has 0 unspecified atom stereocenters. The van der Waals surface area contributed by atoms with Gasteiger partial charge in [0.2, 0.25) is 5.91 Å². The highest BCUT2D eigenvalue weighted by Gasteiger charge is 2.12. The van der Waals surface area contributed by atoms with Crippen molar-refractivity contribution >= 4 is 5.91 Å². The number of carbonyl (C=O) groups excluding carboxylic acids is 1. The number of methoxy groups -OCH3 is 1. The van der Waals surface area contributed by atoms with E-state index in [1.54, 1.807) is 7.11 Å². The lowest BCUT2D eigenvalue weighted by Crippen LogP contribution is -2.32. The highest BCUT2D eigenvalue weighted by molar-refractivity contribution is 5.75. The van der Waals surface area contributed by atoms with Crippen molar-refractivity contribution in [3.05, 3.63) is 0 Å². The molecule has 0 radical (unpaired) electrons. The molecule has 0 spiro atoms. The zero-order valence-electron chi connectivity index (χ0n) is 10.7. The molecule has 17 heavy (non-hydrogen) atoms. The molecule has 2 N–H and O–H groups in total. The summed E-state index contributed by atoms with van der Waals surface area (Å²) in [6.07, 6.45) is 2.80. The van der Waals surface area contributed by atoms with E-state index < -0.39 is 0 Å². The number of nitrogens with one attached hydrogen (secondary N) is 2. The van der Waals surface area contributed by atoms with Crippen LogP contribution in [0.3, 0.4) is 0 Å². The number of hydrogen-bond donors (Lipinski definition) is 2. The van der Waals surface area contributed by atoms with Gasteiger partial charge in [-0.05, 0) is 25.3 Å². The van der Waals surface area contributed by atoms with Gasteiger partial charge in [0, 0.05) is 39.8 Å². The van der Waals surface area contributed by atoms with E-state index in [0.717, 1.165) is 39.1 Å². The highest BCUT2D eigenvalue weighted by Crippen LogP contribution is 2.12. The fourth-order valence-corrected chi connectivity index (χ4v) is 1.84. The van der Waals surface area contributed by atoms with Crippen LogP contribution in [0.15, 0.2) is 0 Å². The van der Waals surface area contributed by atoms with Crippen LogP contribution in [0.2, 0.25) is 0 Å². The van der Waals surface area contributed by atoms with Gasteiger partial charge in [0.15, 0.2) is 0 Å². The van der Waals surface area contributed by atoms with Gasteiger partial charge in [-0.25, -0.2) is 0 Å². The number of carbonyl (C=O) groups is 1. The molecule has 1 saturated heterocycles. The predicted octanol–water partition coefficient (Wildman–Crippen LogP) is 0.155. The predicted molar refractivity (Wildman–Crippen MR) is 65.9 cm³/mol. The first-order valence-electron chi connectivity index (χ1n) is 6.37. The van der Waals surface area contributed by atoms with Crippen molar-refractivity contribution in [2.75, 3.05) is 46.6 Å². The van der Waals surface area contributed by atoms with Gasteiger partial charge >= 0.3 is 0 Å². The molecule has 0 atom stereocenters. The molecule has 1 heterocycles. The summed E-state index contributed by atoms with van der Waals surface area (Å²) in [5, 5.41) is 6.13. The standard InChI is InChI=1S/C12H24N2O3/c1-16-9-6-14-12(15)2-5-13-10-11-3-7-17-8-4-11/h11,13H,2-10H2,1H3,(H,14,15). The van der Waals surface area contributed by atoms with E-state index >= 15 is 0 Å². The first kappa shape index (κ1) is 14.4. The molecule has 0 aliphatic carbocycles. The fourth-order valence-electron chi connectivity index (χ4n) is 1.84. The SMILES string of the molecule is COCCNC(=O)CCNCC1CCOCC1. The van der Waals surface area contributed by atoms with Crippen molar-refractivity contribution in [1.29, 1.82) is 0 Å². The van der Waals surface area contributed by atoms with Gasteiger partial charge in [-0.3, -0.25) is 4.79 Å². The zero-order valence-corrected chi connectivity index (χ0v) is 10.7. The van der Waals surface area contributed by atoms with E-state index in [2.05, 4.69) is 10.6 Å². The minimum Gasteiger partial charge on any atom is -0.383 e. The first-order chi connectivity index (χ1) is 8.33. The van der Waals surface area contributed by atoms with Crippen LogP contribution in [-0.4, -0.2) is 52.5 Å². The molecule has 1 fully saturated rings. The van der Waals surface area contributed by atoms with Crippen LogP contribution in [0.5, 0.6) is 0 Å². The zero-order chi connectivity index (χ0) is 12.3. The number of hydrogen-bond acceptors (Lipinski definition) is 4. The van der Waals surface area contributed by atoms with Crippen molar-refractivity contribution in [2.45, 2.75) is 19.3 Å². The maximum Gasteiger partial charge on any atom is 0.221 e. The molecular weight excluding hydrogens is 220 g/mol. The molecule has 0 saturated carbocycles. The lowest BCUT2D eigenvalue weighted by molar-refractivity contribution is -0.121. The third-order valence-electron chi connectivity index (χ3n) is 2.93. The summed E-state index contributed by atoms with van der Waals surface area (Å²) in [5.74, 6) is 0.793. The van der Waals surface area contributed by atoms with Gasteiger partial charge in [0.05, 0.1) is 6.61 Å². The van der Waals surface area contributed by atoms with Crippen LogP contribution in [-0.2, 0) is 14.3 Å². The Labute approximate surface area is 103 Å². The highest BCUT2D eigenvalue weighted by atomic mass is 16.5. The molecule has 1 rings (SSSR count). The van der Waals surface area contributed by atoms with Crippen molar-refractivity contribution < 1.29 is 14.3 Å². The van der Waals surface area contributed by atoms with Gasteiger partial charge < -0.3 is 20.1 Å². The maximum atomic E-state index is 11.3. The quantitative estimate of drug-likeness (QED) is 0.597. The monoisotopic (exact) mass is 244 g/mol. The Kier molecular flexibility index (Phi) is 7.96. The van der Waals surface area contributed by atoms with E-state index in [0.29, 0.717) is 25.5 Å². The van der Waals surface area contributed by atoms with Crippen LogP contribution in [0, 0.1) is 5.92 Å². The molecule has 5 nitrogen and oxygen atoms in total. The van der Waals surface area contributed by atoms with E-state index in [4.69, 9.17) is 9.47 Å². The molecule has 0 aromatic carbocycles. The molecule has 0 aromatic rings. The normalized spacial score (nSPS) is 17.0. The average Bonchev–Trinajstić information content (AvgIpc) is 2.36. The van der Waals surface area contributed by atoms with Crippen LogP contribution in [0.1, 0.15) is 19.3 Å². The molecular formula is C12H24N2O3. The van der Waals surface area contributed by atoms with Gasteiger partial charge in [-0.1, -0.05) is 0 Å². The van der Waals surface area contributed by atoms with Gasteiger partial charge in [0.1, 0.15) is 0 Å². The lowest BCUT2D eigenvalue weighted by Gasteiger charge is -2.22. The van der Waals surface area contributed by atoms with Gasteiger partial charge in [-0.15, -0.1) is 0 Å². The van der Waals surface area contributed by atoms with E-state index in [1.165, 1.54) is 0 Å². The summed E-state index contributed by atoms with van der Waals surface area (Å²) in [5.41, 5.74) is 0. The van der Waals surface area contributed by atoms with Crippen molar-refractivity contribution in [3.63, 3.8) is 0 Å². The van der Waals surface area contributed by atoms with E-state index in [-0.39, 0.29) is 5.91 Å². The Morgan fingerprint density at radius 2 is 2.12 bits per heavy atom. The maximum absolute atomic E-state index is 11.3. The van der Waals surface area contributed by atoms with Crippen LogP contribution in [0.25, 0.3) is 0 Å². The summed E-state index contributed by atoms with van der Waals surface area (Å²) >= 11 is 0. The lowest BCUT2D eigenvalue weighted by atomic mass is 10.0. The average molecular weight is 244 g/mol. The van der Waals surface area contributed by atoms with Crippen LogP contribution >= 0.6 is 0 Å². The Hall–Kier alpha value is -0.650.